The van der Waals surface area contributed by atoms with Gasteiger partial charge in [-0.1, -0.05) is 11.6 Å². The van der Waals surface area contributed by atoms with Gasteiger partial charge in [-0.3, -0.25) is 9.48 Å². The Morgan fingerprint density at radius 2 is 2.32 bits per heavy atom. The molecule has 0 unspecified atom stereocenters. The normalized spacial score (nSPS) is 15.2. The van der Waals surface area contributed by atoms with Crippen molar-refractivity contribution in [3.8, 4) is 0 Å². The molecule has 5 heteroatoms. The van der Waals surface area contributed by atoms with Gasteiger partial charge in [-0.05, 0) is 33.2 Å². The molecule has 1 aliphatic heterocycles. The van der Waals surface area contributed by atoms with Gasteiger partial charge in [0.15, 0.2) is 0 Å². The standard InChI is InChI=1S/C14H22N4O/c1-10-13(11(2)18(3)17-10)14(19)16-9-6-12-4-7-15-8-5-12/h4,15H,5-9H2,1-3H3,(H,16,19). The van der Waals surface area contributed by atoms with Crippen LogP contribution < -0.4 is 10.6 Å². The molecule has 1 aliphatic rings. The van der Waals surface area contributed by atoms with Gasteiger partial charge < -0.3 is 10.6 Å². The zero-order chi connectivity index (χ0) is 13.8. The molecule has 0 aromatic carbocycles. The molecule has 1 aromatic heterocycles. The van der Waals surface area contributed by atoms with Crippen molar-refractivity contribution in [1.82, 2.24) is 20.4 Å². The summed E-state index contributed by atoms with van der Waals surface area (Å²) < 4.78 is 1.75. The predicted octanol–water partition coefficient (Wildman–Crippen LogP) is 1.08. The van der Waals surface area contributed by atoms with Crippen LogP contribution in [0, 0.1) is 13.8 Å². The van der Waals surface area contributed by atoms with E-state index < -0.39 is 0 Å². The lowest BCUT2D eigenvalue weighted by Crippen LogP contribution is -2.27. The van der Waals surface area contributed by atoms with Crippen LogP contribution in [0.15, 0.2) is 11.6 Å². The van der Waals surface area contributed by atoms with E-state index in [0.29, 0.717) is 12.1 Å². The minimum atomic E-state index is -0.0161. The zero-order valence-electron chi connectivity index (χ0n) is 11.9. The molecule has 0 saturated carbocycles. The quantitative estimate of drug-likeness (QED) is 0.798. The van der Waals surface area contributed by atoms with Gasteiger partial charge in [-0.2, -0.15) is 5.10 Å². The summed E-state index contributed by atoms with van der Waals surface area (Å²) >= 11 is 0. The zero-order valence-corrected chi connectivity index (χ0v) is 11.9. The number of carbonyl (C=O) groups is 1. The summed E-state index contributed by atoms with van der Waals surface area (Å²) in [7, 11) is 1.86. The highest BCUT2D eigenvalue weighted by atomic mass is 16.1. The Bertz CT molecular complexity index is 502. The summed E-state index contributed by atoms with van der Waals surface area (Å²) in [6, 6.07) is 0. The van der Waals surface area contributed by atoms with Crippen molar-refractivity contribution in [2.24, 2.45) is 7.05 Å². The van der Waals surface area contributed by atoms with Crippen LogP contribution in [0.4, 0.5) is 0 Å². The molecule has 1 aromatic rings. The molecule has 0 bridgehead atoms. The Hall–Kier alpha value is -1.62. The van der Waals surface area contributed by atoms with Crippen molar-refractivity contribution < 1.29 is 4.79 Å². The van der Waals surface area contributed by atoms with E-state index in [-0.39, 0.29) is 5.91 Å². The summed E-state index contributed by atoms with van der Waals surface area (Å²) in [6.07, 6.45) is 4.24. The Labute approximate surface area is 114 Å². The second-order valence-electron chi connectivity index (χ2n) is 4.99. The molecule has 0 atom stereocenters. The fourth-order valence-electron chi connectivity index (χ4n) is 2.42. The van der Waals surface area contributed by atoms with E-state index in [1.54, 1.807) is 4.68 Å². The summed E-state index contributed by atoms with van der Waals surface area (Å²) in [4.78, 5) is 12.1. The number of nitrogens with one attached hydrogen (secondary N) is 2. The summed E-state index contributed by atoms with van der Waals surface area (Å²) in [6.45, 7) is 6.48. The Morgan fingerprint density at radius 1 is 1.53 bits per heavy atom. The molecule has 0 aliphatic carbocycles. The molecule has 0 fully saturated rings. The second-order valence-corrected chi connectivity index (χ2v) is 4.99. The topological polar surface area (TPSA) is 59.0 Å². The summed E-state index contributed by atoms with van der Waals surface area (Å²) in [5.41, 5.74) is 3.84. The first-order valence-electron chi connectivity index (χ1n) is 6.76. The van der Waals surface area contributed by atoms with E-state index in [0.717, 1.165) is 37.3 Å². The maximum absolute atomic E-state index is 12.1. The Kier molecular flexibility index (Phi) is 4.37. The SMILES string of the molecule is Cc1nn(C)c(C)c1C(=O)NCCC1=CCNCC1. The molecule has 2 heterocycles. The number of carbonyl (C=O) groups excluding carboxylic acids is 1. The number of nitrogens with zero attached hydrogens (tertiary/aromatic N) is 2. The predicted molar refractivity (Wildman–Crippen MR) is 75.2 cm³/mol. The van der Waals surface area contributed by atoms with E-state index in [1.807, 2.05) is 20.9 Å². The first-order chi connectivity index (χ1) is 9.09. The minimum absolute atomic E-state index is 0.0161. The van der Waals surface area contributed by atoms with Gasteiger partial charge in [-0.25, -0.2) is 0 Å². The van der Waals surface area contributed by atoms with Crippen molar-refractivity contribution >= 4 is 5.91 Å². The van der Waals surface area contributed by atoms with E-state index >= 15 is 0 Å². The number of rotatable bonds is 4. The van der Waals surface area contributed by atoms with E-state index in [9.17, 15) is 4.79 Å². The molecule has 19 heavy (non-hydrogen) atoms. The monoisotopic (exact) mass is 262 g/mol. The Balaban J connectivity index is 1.89. The van der Waals surface area contributed by atoms with Crippen molar-refractivity contribution in [3.63, 3.8) is 0 Å². The van der Waals surface area contributed by atoms with Crippen LogP contribution in [0.5, 0.6) is 0 Å². The molecule has 5 nitrogen and oxygen atoms in total. The average molecular weight is 262 g/mol. The molecule has 1 amide bonds. The Morgan fingerprint density at radius 3 is 2.89 bits per heavy atom. The lowest BCUT2D eigenvalue weighted by Gasteiger charge is -2.14. The number of aryl methyl sites for hydroxylation is 2. The molecule has 0 radical (unpaired) electrons. The maximum atomic E-state index is 12.1. The third-order valence-electron chi connectivity index (χ3n) is 3.63. The second kappa shape index (κ2) is 6.02. The fraction of sp³-hybridized carbons (Fsp3) is 0.571. The van der Waals surface area contributed by atoms with Crippen LogP contribution in [0.2, 0.25) is 0 Å². The number of hydrogen-bond donors (Lipinski definition) is 2. The van der Waals surface area contributed by atoms with E-state index in [4.69, 9.17) is 0 Å². The first kappa shape index (κ1) is 13.8. The highest BCUT2D eigenvalue weighted by molar-refractivity contribution is 5.96. The molecule has 2 rings (SSSR count). The van der Waals surface area contributed by atoms with Crippen molar-refractivity contribution in [3.05, 3.63) is 28.6 Å². The van der Waals surface area contributed by atoms with Gasteiger partial charge in [-0.15, -0.1) is 0 Å². The average Bonchev–Trinajstić information content (AvgIpc) is 2.64. The van der Waals surface area contributed by atoms with Crippen LogP contribution in [-0.4, -0.2) is 35.3 Å². The van der Waals surface area contributed by atoms with E-state index in [2.05, 4.69) is 21.8 Å². The van der Waals surface area contributed by atoms with Gasteiger partial charge >= 0.3 is 0 Å². The maximum Gasteiger partial charge on any atom is 0.255 e. The fourth-order valence-corrected chi connectivity index (χ4v) is 2.42. The molecular weight excluding hydrogens is 240 g/mol. The number of amides is 1. The van der Waals surface area contributed by atoms with Crippen molar-refractivity contribution in [2.75, 3.05) is 19.6 Å². The minimum Gasteiger partial charge on any atom is -0.352 e. The third-order valence-corrected chi connectivity index (χ3v) is 3.63. The van der Waals surface area contributed by atoms with Gasteiger partial charge in [0, 0.05) is 25.8 Å². The van der Waals surface area contributed by atoms with Crippen LogP contribution in [-0.2, 0) is 7.05 Å². The van der Waals surface area contributed by atoms with Crippen LogP contribution >= 0.6 is 0 Å². The summed E-state index contributed by atoms with van der Waals surface area (Å²) in [5.74, 6) is -0.0161. The lowest BCUT2D eigenvalue weighted by atomic mass is 10.1. The number of hydrogen-bond acceptors (Lipinski definition) is 3. The lowest BCUT2D eigenvalue weighted by molar-refractivity contribution is 0.0952. The third kappa shape index (κ3) is 3.23. The molecule has 104 valence electrons. The highest BCUT2D eigenvalue weighted by Crippen LogP contribution is 2.12. The number of aromatic nitrogens is 2. The van der Waals surface area contributed by atoms with Gasteiger partial charge in [0.05, 0.1) is 11.3 Å². The largest absolute Gasteiger partial charge is 0.352 e. The van der Waals surface area contributed by atoms with Crippen molar-refractivity contribution in [2.45, 2.75) is 26.7 Å². The smallest absolute Gasteiger partial charge is 0.255 e. The highest BCUT2D eigenvalue weighted by Gasteiger charge is 2.16. The molecule has 2 N–H and O–H groups in total. The first-order valence-corrected chi connectivity index (χ1v) is 6.76. The van der Waals surface area contributed by atoms with Crippen LogP contribution in [0.3, 0.4) is 0 Å². The van der Waals surface area contributed by atoms with Gasteiger partial charge in [0.2, 0.25) is 0 Å². The van der Waals surface area contributed by atoms with E-state index in [1.165, 1.54) is 5.57 Å². The molecular formula is C14H22N4O. The van der Waals surface area contributed by atoms with Gasteiger partial charge in [0.1, 0.15) is 0 Å². The van der Waals surface area contributed by atoms with Crippen LogP contribution in [0.25, 0.3) is 0 Å². The molecule has 0 spiro atoms. The molecule has 0 saturated heterocycles. The van der Waals surface area contributed by atoms with Gasteiger partial charge in [0.25, 0.3) is 5.91 Å². The van der Waals surface area contributed by atoms with Crippen molar-refractivity contribution in [1.29, 1.82) is 0 Å². The summed E-state index contributed by atoms with van der Waals surface area (Å²) in [5, 5.41) is 10.5. The van der Waals surface area contributed by atoms with Crippen LogP contribution in [0.1, 0.15) is 34.6 Å².